The largest absolute Gasteiger partial charge is 0.472 e. The van der Waals surface area contributed by atoms with Gasteiger partial charge in [0.1, 0.15) is 0 Å². The van der Waals surface area contributed by atoms with Gasteiger partial charge in [-0.15, -0.1) is 0 Å². The summed E-state index contributed by atoms with van der Waals surface area (Å²) in [5.41, 5.74) is 2.61. The van der Waals surface area contributed by atoms with Crippen molar-refractivity contribution < 1.29 is 14.3 Å². The molecule has 134 valence electrons. The Morgan fingerprint density at radius 1 is 1.28 bits per heavy atom. The average molecular weight is 342 g/mol. The van der Waals surface area contributed by atoms with Crippen molar-refractivity contribution in [3.8, 4) is 11.1 Å². The van der Waals surface area contributed by atoms with Gasteiger partial charge in [-0.05, 0) is 62.5 Å². The van der Waals surface area contributed by atoms with E-state index < -0.39 is 0 Å². The quantitative estimate of drug-likeness (QED) is 0.724. The molecule has 0 spiro atoms. The lowest BCUT2D eigenvalue weighted by atomic mass is 10.1. The first-order chi connectivity index (χ1) is 12.3. The average Bonchev–Trinajstić information content (AvgIpc) is 3.33. The van der Waals surface area contributed by atoms with Crippen molar-refractivity contribution >= 4 is 5.91 Å². The van der Waals surface area contributed by atoms with E-state index in [1.165, 1.54) is 6.42 Å². The molecule has 1 aliphatic rings. The number of hydrogen-bond acceptors (Lipinski definition) is 4. The van der Waals surface area contributed by atoms with Crippen molar-refractivity contribution in [1.82, 2.24) is 10.2 Å². The van der Waals surface area contributed by atoms with Crippen LogP contribution in [0.4, 0.5) is 0 Å². The lowest BCUT2D eigenvalue weighted by Gasteiger charge is -2.22. The van der Waals surface area contributed by atoms with Crippen LogP contribution in [0.1, 0.15) is 36.0 Å². The zero-order valence-electron chi connectivity index (χ0n) is 14.5. The standard InChI is InChI=1S/C20H26N2O3/c23-14-19-7-4-11-22(19)10-2-1-9-21-20(24)17-6-3-5-16(13-17)18-8-12-25-15-18/h3,5-6,8,12-13,15,19,23H,1-2,4,7,9-11,14H2,(H,21,24). The number of aliphatic hydroxyl groups is 1. The fourth-order valence-electron chi connectivity index (χ4n) is 3.41. The third kappa shape index (κ3) is 4.71. The highest BCUT2D eigenvalue weighted by molar-refractivity contribution is 5.95. The van der Waals surface area contributed by atoms with E-state index in [2.05, 4.69) is 10.2 Å². The van der Waals surface area contributed by atoms with Crippen LogP contribution in [0.3, 0.4) is 0 Å². The number of carbonyl (C=O) groups excluding carboxylic acids is 1. The normalized spacial score (nSPS) is 17.7. The maximum Gasteiger partial charge on any atom is 0.251 e. The summed E-state index contributed by atoms with van der Waals surface area (Å²) in [4.78, 5) is 14.7. The van der Waals surface area contributed by atoms with Gasteiger partial charge in [0, 0.05) is 23.7 Å². The number of furan rings is 1. The number of likely N-dealkylation sites (tertiary alicyclic amines) is 1. The summed E-state index contributed by atoms with van der Waals surface area (Å²) in [5, 5.41) is 12.3. The second-order valence-corrected chi connectivity index (χ2v) is 6.57. The Kier molecular flexibility index (Phi) is 6.25. The molecule has 1 atom stereocenters. The van der Waals surface area contributed by atoms with Gasteiger partial charge in [0.2, 0.25) is 0 Å². The van der Waals surface area contributed by atoms with E-state index in [9.17, 15) is 9.90 Å². The molecule has 0 aliphatic carbocycles. The highest BCUT2D eigenvalue weighted by Gasteiger charge is 2.22. The van der Waals surface area contributed by atoms with E-state index in [4.69, 9.17) is 4.42 Å². The van der Waals surface area contributed by atoms with E-state index in [-0.39, 0.29) is 12.5 Å². The molecule has 2 aromatic rings. The Morgan fingerprint density at radius 3 is 3.00 bits per heavy atom. The summed E-state index contributed by atoms with van der Waals surface area (Å²) in [5.74, 6) is -0.0419. The van der Waals surface area contributed by atoms with Crippen molar-refractivity contribution in [1.29, 1.82) is 0 Å². The molecule has 2 N–H and O–H groups in total. The maximum absolute atomic E-state index is 12.3. The predicted octanol–water partition coefficient (Wildman–Crippen LogP) is 2.91. The summed E-state index contributed by atoms with van der Waals surface area (Å²) in [6, 6.07) is 9.79. The molecule has 5 heteroatoms. The molecule has 1 amide bonds. The molecule has 2 heterocycles. The van der Waals surface area contributed by atoms with E-state index >= 15 is 0 Å². The maximum atomic E-state index is 12.3. The number of aliphatic hydroxyl groups excluding tert-OH is 1. The molecule has 0 saturated carbocycles. The van der Waals surface area contributed by atoms with Crippen LogP contribution in [0, 0.1) is 0 Å². The summed E-state index contributed by atoms with van der Waals surface area (Å²) >= 11 is 0. The Morgan fingerprint density at radius 2 is 2.20 bits per heavy atom. The minimum absolute atomic E-state index is 0.0419. The number of unbranched alkanes of at least 4 members (excludes halogenated alkanes) is 1. The number of nitrogens with one attached hydrogen (secondary N) is 1. The van der Waals surface area contributed by atoms with Crippen molar-refractivity contribution in [3.63, 3.8) is 0 Å². The Hall–Kier alpha value is -2.11. The summed E-state index contributed by atoms with van der Waals surface area (Å²) < 4.78 is 5.10. The molecule has 0 bridgehead atoms. The van der Waals surface area contributed by atoms with E-state index in [0.717, 1.165) is 43.5 Å². The van der Waals surface area contributed by atoms with Crippen LogP contribution in [0.5, 0.6) is 0 Å². The molecule has 5 nitrogen and oxygen atoms in total. The highest BCUT2D eigenvalue weighted by atomic mass is 16.3. The van der Waals surface area contributed by atoms with Gasteiger partial charge in [0.15, 0.2) is 0 Å². The molecule has 25 heavy (non-hydrogen) atoms. The van der Waals surface area contributed by atoms with E-state index in [1.807, 2.05) is 30.3 Å². The SMILES string of the molecule is O=C(NCCCCN1CCCC1CO)c1cccc(-c2ccoc2)c1. The van der Waals surface area contributed by atoms with Crippen molar-refractivity contribution in [2.45, 2.75) is 31.7 Å². The predicted molar refractivity (Wildman–Crippen MR) is 97.4 cm³/mol. The third-order valence-electron chi connectivity index (χ3n) is 4.85. The fraction of sp³-hybridized carbons (Fsp3) is 0.450. The summed E-state index contributed by atoms with van der Waals surface area (Å²) in [6.45, 7) is 3.01. The van der Waals surface area contributed by atoms with Gasteiger partial charge in [0.05, 0.1) is 19.1 Å². The zero-order chi connectivity index (χ0) is 17.5. The van der Waals surface area contributed by atoms with Gasteiger partial charge in [-0.2, -0.15) is 0 Å². The molecule has 1 fully saturated rings. The summed E-state index contributed by atoms with van der Waals surface area (Å²) in [6.07, 6.45) is 7.56. The number of amides is 1. The van der Waals surface area contributed by atoms with E-state index in [0.29, 0.717) is 18.2 Å². The first kappa shape index (κ1) is 17.7. The monoisotopic (exact) mass is 342 g/mol. The van der Waals surface area contributed by atoms with Gasteiger partial charge >= 0.3 is 0 Å². The number of carbonyl (C=O) groups is 1. The van der Waals surface area contributed by atoms with Crippen LogP contribution in [0.15, 0.2) is 47.3 Å². The van der Waals surface area contributed by atoms with Crippen LogP contribution in [0.2, 0.25) is 0 Å². The molecular weight excluding hydrogens is 316 g/mol. The van der Waals surface area contributed by atoms with E-state index in [1.54, 1.807) is 12.5 Å². The summed E-state index contributed by atoms with van der Waals surface area (Å²) in [7, 11) is 0. The number of nitrogens with zero attached hydrogens (tertiary/aromatic N) is 1. The van der Waals surface area contributed by atoms with Crippen LogP contribution in [0.25, 0.3) is 11.1 Å². The third-order valence-corrected chi connectivity index (χ3v) is 4.85. The molecule has 0 radical (unpaired) electrons. The minimum Gasteiger partial charge on any atom is -0.472 e. The second kappa shape index (κ2) is 8.83. The zero-order valence-corrected chi connectivity index (χ0v) is 14.5. The first-order valence-corrected chi connectivity index (χ1v) is 9.03. The molecule has 1 aromatic heterocycles. The Labute approximate surface area is 148 Å². The van der Waals surface area contributed by atoms with Crippen molar-refractivity contribution in [3.05, 3.63) is 48.4 Å². The highest BCUT2D eigenvalue weighted by Crippen LogP contribution is 2.21. The number of benzene rings is 1. The first-order valence-electron chi connectivity index (χ1n) is 9.03. The molecule has 1 aliphatic heterocycles. The topological polar surface area (TPSA) is 65.7 Å². The molecule has 3 rings (SSSR count). The molecule has 1 aromatic carbocycles. The number of hydrogen-bond donors (Lipinski definition) is 2. The van der Waals surface area contributed by atoms with Crippen LogP contribution in [-0.2, 0) is 0 Å². The van der Waals surface area contributed by atoms with Gasteiger partial charge in [-0.25, -0.2) is 0 Å². The van der Waals surface area contributed by atoms with Crippen molar-refractivity contribution in [2.24, 2.45) is 0 Å². The number of rotatable bonds is 8. The van der Waals surface area contributed by atoms with Gasteiger partial charge in [0.25, 0.3) is 5.91 Å². The minimum atomic E-state index is -0.0419. The Balaban J connectivity index is 1.41. The Bertz CT molecular complexity index is 669. The van der Waals surface area contributed by atoms with Crippen LogP contribution in [-0.4, -0.2) is 48.2 Å². The lowest BCUT2D eigenvalue weighted by molar-refractivity contribution is 0.0952. The van der Waals surface area contributed by atoms with Crippen LogP contribution < -0.4 is 5.32 Å². The molecule has 1 saturated heterocycles. The van der Waals surface area contributed by atoms with Gasteiger partial charge in [-0.1, -0.05) is 12.1 Å². The lowest BCUT2D eigenvalue weighted by Crippen LogP contribution is -2.33. The van der Waals surface area contributed by atoms with Gasteiger partial charge in [-0.3, -0.25) is 9.69 Å². The fourth-order valence-corrected chi connectivity index (χ4v) is 3.41. The van der Waals surface area contributed by atoms with Gasteiger partial charge < -0.3 is 14.8 Å². The second-order valence-electron chi connectivity index (χ2n) is 6.57. The molecular formula is C20H26N2O3. The molecule has 1 unspecified atom stereocenters. The smallest absolute Gasteiger partial charge is 0.251 e. The van der Waals surface area contributed by atoms with Crippen LogP contribution >= 0.6 is 0 Å². The van der Waals surface area contributed by atoms with Crippen molar-refractivity contribution in [2.75, 3.05) is 26.2 Å².